The highest BCUT2D eigenvalue weighted by atomic mass is 35.5. The molecular formula is C11H2Cl8. The van der Waals surface area contributed by atoms with Gasteiger partial charge in [-0.2, -0.15) is 0 Å². The molecule has 8 heteroatoms. The molecule has 1 aliphatic rings. The zero-order valence-corrected chi connectivity index (χ0v) is 14.8. The molecule has 0 saturated carbocycles. The summed E-state index contributed by atoms with van der Waals surface area (Å²) < 4.78 is -1.68. The highest BCUT2D eigenvalue weighted by Gasteiger charge is 2.44. The zero-order valence-electron chi connectivity index (χ0n) is 8.73. The minimum atomic E-state index is -1.68. The van der Waals surface area contributed by atoms with Crippen LogP contribution < -0.4 is 0 Å². The molecule has 19 heavy (non-hydrogen) atoms. The molecule has 0 unspecified atom stereocenters. The van der Waals surface area contributed by atoms with Gasteiger partial charge in [-0.3, -0.25) is 0 Å². The van der Waals surface area contributed by atoms with Gasteiger partial charge in [-0.15, -0.1) is 0 Å². The molecule has 0 fully saturated rings. The SMILES string of the molecule is C=C1C(Cl)=C(Cl)C(Cl)(Cl)c2c(Cl)c(Cl)c(Cl)c(Cl)c21. The van der Waals surface area contributed by atoms with Crippen LogP contribution >= 0.6 is 92.8 Å². The Labute approximate surface area is 149 Å². The minimum absolute atomic E-state index is 0.0219. The van der Waals surface area contributed by atoms with Crippen molar-refractivity contribution >= 4 is 98.4 Å². The molecule has 0 aromatic heterocycles. The summed E-state index contributed by atoms with van der Waals surface area (Å²) in [7, 11) is 0. The van der Waals surface area contributed by atoms with Gasteiger partial charge < -0.3 is 0 Å². The van der Waals surface area contributed by atoms with Gasteiger partial charge in [0.15, 0.2) is 4.33 Å². The third-order valence-corrected chi connectivity index (χ3v) is 6.35. The van der Waals surface area contributed by atoms with Crippen LogP contribution in [0.25, 0.3) is 5.57 Å². The van der Waals surface area contributed by atoms with Gasteiger partial charge in [0.1, 0.15) is 0 Å². The van der Waals surface area contributed by atoms with Crippen LogP contribution in [0.5, 0.6) is 0 Å². The molecule has 0 aliphatic heterocycles. The molecule has 2 rings (SSSR count). The molecule has 0 atom stereocenters. The first kappa shape index (κ1) is 16.4. The highest BCUT2D eigenvalue weighted by molar-refractivity contribution is 6.61. The fourth-order valence-corrected chi connectivity index (χ4v) is 4.01. The van der Waals surface area contributed by atoms with Crippen LogP contribution in [-0.4, -0.2) is 0 Å². The van der Waals surface area contributed by atoms with Crippen LogP contribution in [0.15, 0.2) is 16.6 Å². The summed E-state index contributed by atoms with van der Waals surface area (Å²) in [4.78, 5) is 0. The van der Waals surface area contributed by atoms with E-state index in [1.807, 2.05) is 0 Å². The lowest BCUT2D eigenvalue weighted by Crippen LogP contribution is -2.20. The predicted octanol–water partition coefficient (Wildman–Crippen LogP) is 7.65. The average molecular weight is 418 g/mol. The van der Waals surface area contributed by atoms with Gasteiger partial charge in [-0.05, 0) is 5.57 Å². The van der Waals surface area contributed by atoms with Crippen molar-refractivity contribution in [3.63, 3.8) is 0 Å². The van der Waals surface area contributed by atoms with E-state index in [0.717, 1.165) is 0 Å². The molecule has 0 N–H and O–H groups in total. The molecule has 0 amide bonds. The lowest BCUT2D eigenvalue weighted by atomic mass is 9.92. The van der Waals surface area contributed by atoms with Crippen molar-refractivity contribution in [3.05, 3.63) is 47.9 Å². The van der Waals surface area contributed by atoms with Gasteiger partial charge >= 0.3 is 0 Å². The molecule has 1 aromatic carbocycles. The fraction of sp³-hybridized carbons (Fsp3) is 0.0909. The summed E-state index contributed by atoms with van der Waals surface area (Å²) in [5.41, 5.74) is 0.876. The van der Waals surface area contributed by atoms with Crippen LogP contribution in [0.4, 0.5) is 0 Å². The van der Waals surface area contributed by atoms with Crippen molar-refractivity contribution in [1.29, 1.82) is 0 Å². The van der Waals surface area contributed by atoms with Crippen molar-refractivity contribution in [3.8, 4) is 0 Å². The Morgan fingerprint density at radius 3 is 1.74 bits per heavy atom. The lowest BCUT2D eigenvalue weighted by Gasteiger charge is -2.31. The molecule has 0 spiro atoms. The lowest BCUT2D eigenvalue weighted by molar-refractivity contribution is 1.05. The number of alkyl halides is 2. The van der Waals surface area contributed by atoms with E-state index in [2.05, 4.69) is 6.58 Å². The normalized spacial score (nSPS) is 17.8. The monoisotopic (exact) mass is 414 g/mol. The van der Waals surface area contributed by atoms with Crippen molar-refractivity contribution < 1.29 is 0 Å². The summed E-state index contributed by atoms with van der Waals surface area (Å²) in [6, 6.07) is 0. The second kappa shape index (κ2) is 5.34. The summed E-state index contributed by atoms with van der Waals surface area (Å²) in [5.74, 6) is 0. The van der Waals surface area contributed by atoms with Gasteiger partial charge in [0, 0.05) is 11.1 Å². The average Bonchev–Trinajstić information content (AvgIpc) is 2.35. The number of halogens is 8. The van der Waals surface area contributed by atoms with Gasteiger partial charge in [0.05, 0.1) is 30.2 Å². The van der Waals surface area contributed by atoms with E-state index in [0.29, 0.717) is 11.1 Å². The Morgan fingerprint density at radius 2 is 1.21 bits per heavy atom. The number of hydrogen-bond acceptors (Lipinski definition) is 0. The molecule has 1 aromatic rings. The Bertz CT molecular complexity index is 641. The summed E-state index contributed by atoms with van der Waals surface area (Å²) in [6.45, 7) is 3.79. The fourth-order valence-electron chi connectivity index (χ4n) is 1.70. The Hall–Kier alpha value is 1.02. The first-order valence-electron chi connectivity index (χ1n) is 4.62. The maximum atomic E-state index is 6.22. The standard InChI is InChI=1S/C11H2Cl8/c1-2-3-4(11(18,19)10(17)5(2)12)7(14)9(16)8(15)6(3)13/h1H2. The Morgan fingerprint density at radius 1 is 0.737 bits per heavy atom. The largest absolute Gasteiger partial charge is 0.182 e. The molecule has 0 nitrogen and oxygen atoms in total. The van der Waals surface area contributed by atoms with Crippen LogP contribution in [0.2, 0.25) is 20.1 Å². The molecular weight excluding hydrogens is 416 g/mol. The van der Waals surface area contributed by atoms with Gasteiger partial charge in [-0.25, -0.2) is 0 Å². The Balaban J connectivity index is 3.01. The van der Waals surface area contributed by atoms with E-state index < -0.39 is 4.33 Å². The van der Waals surface area contributed by atoms with Gasteiger partial charge in [0.25, 0.3) is 0 Å². The van der Waals surface area contributed by atoms with E-state index in [4.69, 9.17) is 92.8 Å². The summed E-state index contributed by atoms with van der Waals surface area (Å²) in [5, 5.41) is 0.346. The van der Waals surface area contributed by atoms with Crippen LogP contribution in [-0.2, 0) is 4.33 Å². The van der Waals surface area contributed by atoms with E-state index in [9.17, 15) is 0 Å². The highest BCUT2D eigenvalue weighted by Crippen LogP contribution is 2.59. The molecule has 0 radical (unpaired) electrons. The molecule has 0 heterocycles. The van der Waals surface area contributed by atoms with Crippen molar-refractivity contribution in [2.45, 2.75) is 4.33 Å². The smallest absolute Gasteiger partial charge is 0.0898 e. The van der Waals surface area contributed by atoms with Crippen molar-refractivity contribution in [1.82, 2.24) is 0 Å². The molecule has 0 bridgehead atoms. The summed E-state index contributed by atoms with van der Waals surface area (Å²) in [6.07, 6.45) is 0. The van der Waals surface area contributed by atoms with E-state index in [1.54, 1.807) is 0 Å². The van der Waals surface area contributed by atoms with Gasteiger partial charge in [-0.1, -0.05) is 99.4 Å². The number of hydrogen-bond donors (Lipinski definition) is 0. The Kier molecular flexibility index (Phi) is 4.60. The zero-order chi connectivity index (χ0) is 14.7. The maximum Gasteiger partial charge on any atom is 0.182 e. The van der Waals surface area contributed by atoms with Crippen LogP contribution in [0.3, 0.4) is 0 Å². The van der Waals surface area contributed by atoms with Crippen LogP contribution in [0, 0.1) is 0 Å². The van der Waals surface area contributed by atoms with Crippen molar-refractivity contribution in [2.24, 2.45) is 0 Å². The first-order valence-corrected chi connectivity index (χ1v) is 7.64. The second-order valence-corrected chi connectivity index (χ2v) is 7.28. The summed E-state index contributed by atoms with van der Waals surface area (Å²) >= 11 is 48.8. The van der Waals surface area contributed by atoms with E-state index in [1.165, 1.54) is 0 Å². The topological polar surface area (TPSA) is 0 Å². The van der Waals surface area contributed by atoms with Crippen molar-refractivity contribution in [2.75, 3.05) is 0 Å². The maximum absolute atomic E-state index is 6.22. The quantitative estimate of drug-likeness (QED) is 0.231. The minimum Gasteiger partial charge on any atom is -0.0898 e. The van der Waals surface area contributed by atoms with E-state index in [-0.39, 0.29) is 35.7 Å². The van der Waals surface area contributed by atoms with E-state index >= 15 is 0 Å². The number of rotatable bonds is 0. The molecule has 102 valence electrons. The molecule has 0 saturated heterocycles. The third kappa shape index (κ3) is 2.29. The first-order chi connectivity index (χ1) is 8.62. The number of fused-ring (bicyclic) bond motifs is 1. The predicted molar refractivity (Wildman–Crippen MR) is 87.6 cm³/mol. The second-order valence-electron chi connectivity index (χ2n) is 3.69. The number of allylic oxidation sites excluding steroid dienone is 3. The van der Waals surface area contributed by atoms with Crippen LogP contribution in [0.1, 0.15) is 11.1 Å². The third-order valence-electron chi connectivity index (χ3n) is 2.62. The number of benzene rings is 1. The van der Waals surface area contributed by atoms with Gasteiger partial charge in [0.2, 0.25) is 0 Å². The molecule has 1 aliphatic carbocycles.